The number of ether oxygens (including phenoxy) is 1. The van der Waals surface area contributed by atoms with Crippen LogP contribution in [-0.2, 0) is 6.54 Å². The highest BCUT2D eigenvalue weighted by Crippen LogP contribution is 2.31. The zero-order chi connectivity index (χ0) is 15.5. The standard InChI is InChI=1S/C17H23N3O2.ClH/c1-12-15(13(2)22-19-12)11-20-9-8-18-10-16(20)14-6-4-5-7-17(14)21-3;/h4-7,16,18H,8-11H2,1-3H3;1H. The van der Waals surface area contributed by atoms with Crippen LogP contribution in [0.1, 0.15) is 28.6 Å². The van der Waals surface area contributed by atoms with Gasteiger partial charge in [0, 0.05) is 37.3 Å². The van der Waals surface area contributed by atoms with Crippen LogP contribution in [-0.4, -0.2) is 36.8 Å². The first-order valence-electron chi connectivity index (χ1n) is 7.70. The van der Waals surface area contributed by atoms with Crippen LogP contribution in [0.25, 0.3) is 0 Å². The van der Waals surface area contributed by atoms with Crippen molar-refractivity contribution in [1.29, 1.82) is 0 Å². The first-order valence-corrected chi connectivity index (χ1v) is 7.70. The molecule has 126 valence electrons. The number of para-hydroxylation sites is 1. The van der Waals surface area contributed by atoms with Crippen LogP contribution >= 0.6 is 12.4 Å². The number of nitrogens with zero attached hydrogens (tertiary/aromatic N) is 2. The first kappa shape index (κ1) is 17.8. The summed E-state index contributed by atoms with van der Waals surface area (Å²) in [6, 6.07) is 8.55. The lowest BCUT2D eigenvalue weighted by Crippen LogP contribution is -2.45. The predicted octanol–water partition coefficient (Wildman–Crippen LogP) is 2.87. The topological polar surface area (TPSA) is 50.5 Å². The third kappa shape index (κ3) is 3.68. The Bertz CT molecular complexity index is 625. The molecular formula is C17H24ClN3O2. The molecule has 23 heavy (non-hydrogen) atoms. The van der Waals surface area contributed by atoms with E-state index in [9.17, 15) is 0 Å². The van der Waals surface area contributed by atoms with E-state index in [-0.39, 0.29) is 12.4 Å². The Hall–Kier alpha value is -1.56. The molecule has 1 N–H and O–H groups in total. The molecule has 1 aromatic carbocycles. The molecule has 3 rings (SSSR count). The number of aryl methyl sites for hydroxylation is 2. The molecule has 1 unspecified atom stereocenters. The van der Waals surface area contributed by atoms with Gasteiger partial charge in [-0.15, -0.1) is 12.4 Å². The number of methoxy groups -OCH3 is 1. The Kier molecular flexibility index (Phi) is 6.04. The molecule has 0 bridgehead atoms. The second-order valence-corrected chi connectivity index (χ2v) is 5.74. The molecule has 1 aromatic heterocycles. The van der Waals surface area contributed by atoms with E-state index in [1.165, 1.54) is 11.1 Å². The monoisotopic (exact) mass is 337 g/mol. The third-order valence-electron chi connectivity index (χ3n) is 4.39. The molecule has 0 amide bonds. The maximum atomic E-state index is 5.54. The van der Waals surface area contributed by atoms with Gasteiger partial charge >= 0.3 is 0 Å². The molecule has 0 spiro atoms. The second-order valence-electron chi connectivity index (χ2n) is 5.74. The van der Waals surface area contributed by atoms with Crippen molar-refractivity contribution in [2.24, 2.45) is 0 Å². The summed E-state index contributed by atoms with van der Waals surface area (Å²) in [6.07, 6.45) is 0. The van der Waals surface area contributed by atoms with Crippen molar-refractivity contribution in [3.63, 3.8) is 0 Å². The summed E-state index contributed by atoms with van der Waals surface area (Å²) in [5, 5.41) is 7.56. The minimum Gasteiger partial charge on any atom is -0.496 e. The Morgan fingerprint density at radius 3 is 2.83 bits per heavy atom. The third-order valence-corrected chi connectivity index (χ3v) is 4.39. The van der Waals surface area contributed by atoms with E-state index in [4.69, 9.17) is 9.26 Å². The summed E-state index contributed by atoms with van der Waals surface area (Å²) >= 11 is 0. The van der Waals surface area contributed by atoms with Crippen LogP contribution in [0.5, 0.6) is 5.75 Å². The number of piperazine rings is 1. The SMILES string of the molecule is COc1ccccc1C1CNCCN1Cc1c(C)noc1C.Cl. The fraction of sp³-hybridized carbons (Fsp3) is 0.471. The lowest BCUT2D eigenvalue weighted by molar-refractivity contribution is 0.150. The van der Waals surface area contributed by atoms with Crippen molar-refractivity contribution in [3.8, 4) is 5.75 Å². The van der Waals surface area contributed by atoms with Gasteiger partial charge in [-0.25, -0.2) is 0 Å². The molecule has 0 saturated carbocycles. The van der Waals surface area contributed by atoms with Crippen molar-refractivity contribution in [3.05, 3.63) is 46.8 Å². The lowest BCUT2D eigenvalue weighted by atomic mass is 10.0. The number of hydrogen-bond acceptors (Lipinski definition) is 5. The van der Waals surface area contributed by atoms with Crippen LogP contribution in [0.3, 0.4) is 0 Å². The molecule has 0 aliphatic carbocycles. The van der Waals surface area contributed by atoms with Gasteiger partial charge in [-0.2, -0.15) is 0 Å². The summed E-state index contributed by atoms with van der Waals surface area (Å²) in [7, 11) is 1.73. The van der Waals surface area contributed by atoms with Crippen LogP contribution in [0, 0.1) is 13.8 Å². The zero-order valence-electron chi connectivity index (χ0n) is 13.8. The van der Waals surface area contributed by atoms with E-state index in [2.05, 4.69) is 27.5 Å². The number of benzene rings is 1. The van der Waals surface area contributed by atoms with E-state index in [1.54, 1.807) is 7.11 Å². The highest BCUT2D eigenvalue weighted by atomic mass is 35.5. The second kappa shape index (κ2) is 7.81. The Labute approximate surface area is 143 Å². The van der Waals surface area contributed by atoms with E-state index < -0.39 is 0 Å². The number of nitrogens with one attached hydrogen (secondary N) is 1. The molecule has 5 nitrogen and oxygen atoms in total. The Morgan fingerprint density at radius 2 is 2.13 bits per heavy atom. The number of rotatable bonds is 4. The Balaban J connectivity index is 0.00000192. The van der Waals surface area contributed by atoms with Crippen LogP contribution in [0.15, 0.2) is 28.8 Å². The van der Waals surface area contributed by atoms with E-state index >= 15 is 0 Å². The summed E-state index contributed by atoms with van der Waals surface area (Å²) in [5.41, 5.74) is 3.40. The molecule has 6 heteroatoms. The number of hydrogen-bond donors (Lipinski definition) is 1. The average Bonchev–Trinajstić information content (AvgIpc) is 2.87. The quantitative estimate of drug-likeness (QED) is 0.929. The average molecular weight is 338 g/mol. The smallest absolute Gasteiger partial charge is 0.138 e. The van der Waals surface area contributed by atoms with Crippen LogP contribution in [0.4, 0.5) is 0 Å². The highest BCUT2D eigenvalue weighted by molar-refractivity contribution is 5.85. The highest BCUT2D eigenvalue weighted by Gasteiger charge is 2.27. The number of aromatic nitrogens is 1. The molecular weight excluding hydrogens is 314 g/mol. The molecule has 2 aromatic rings. The van der Waals surface area contributed by atoms with Crippen molar-refractivity contribution in [2.45, 2.75) is 26.4 Å². The van der Waals surface area contributed by atoms with Gasteiger partial charge < -0.3 is 14.6 Å². The summed E-state index contributed by atoms with van der Waals surface area (Å²) < 4.78 is 10.8. The maximum absolute atomic E-state index is 5.54. The van der Waals surface area contributed by atoms with E-state index in [0.717, 1.165) is 43.4 Å². The van der Waals surface area contributed by atoms with Gasteiger partial charge in [0.1, 0.15) is 11.5 Å². The Morgan fingerprint density at radius 1 is 1.35 bits per heavy atom. The van der Waals surface area contributed by atoms with Crippen molar-refractivity contribution in [1.82, 2.24) is 15.4 Å². The largest absolute Gasteiger partial charge is 0.496 e. The van der Waals surface area contributed by atoms with Gasteiger partial charge in [-0.1, -0.05) is 23.4 Å². The van der Waals surface area contributed by atoms with Gasteiger partial charge in [0.05, 0.1) is 18.8 Å². The molecule has 1 saturated heterocycles. The van der Waals surface area contributed by atoms with E-state index in [0.29, 0.717) is 6.04 Å². The maximum Gasteiger partial charge on any atom is 0.138 e. The molecule has 1 fully saturated rings. The van der Waals surface area contributed by atoms with Gasteiger partial charge in [0.15, 0.2) is 0 Å². The zero-order valence-corrected chi connectivity index (χ0v) is 14.7. The van der Waals surface area contributed by atoms with Crippen molar-refractivity contribution >= 4 is 12.4 Å². The minimum atomic E-state index is 0. The van der Waals surface area contributed by atoms with Gasteiger partial charge in [-0.3, -0.25) is 4.90 Å². The summed E-state index contributed by atoms with van der Waals surface area (Å²) in [4.78, 5) is 2.47. The van der Waals surface area contributed by atoms with Crippen molar-refractivity contribution in [2.75, 3.05) is 26.7 Å². The van der Waals surface area contributed by atoms with Gasteiger partial charge in [0.25, 0.3) is 0 Å². The van der Waals surface area contributed by atoms with Gasteiger partial charge in [0.2, 0.25) is 0 Å². The predicted molar refractivity (Wildman–Crippen MR) is 92.2 cm³/mol. The first-order chi connectivity index (χ1) is 10.7. The molecule has 1 aliphatic heterocycles. The summed E-state index contributed by atoms with van der Waals surface area (Å²) in [6.45, 7) is 7.75. The van der Waals surface area contributed by atoms with Gasteiger partial charge in [-0.05, 0) is 19.9 Å². The molecule has 0 radical (unpaired) electrons. The summed E-state index contributed by atoms with van der Waals surface area (Å²) in [5.74, 6) is 1.86. The van der Waals surface area contributed by atoms with Crippen LogP contribution < -0.4 is 10.1 Å². The lowest BCUT2D eigenvalue weighted by Gasteiger charge is -2.37. The molecule has 2 heterocycles. The van der Waals surface area contributed by atoms with Crippen LogP contribution in [0.2, 0.25) is 0 Å². The van der Waals surface area contributed by atoms with Crippen molar-refractivity contribution < 1.29 is 9.26 Å². The van der Waals surface area contributed by atoms with E-state index in [1.807, 2.05) is 26.0 Å². The minimum absolute atomic E-state index is 0. The fourth-order valence-corrected chi connectivity index (χ4v) is 3.11. The molecule has 1 atom stereocenters. The normalized spacial score (nSPS) is 18.5. The fourth-order valence-electron chi connectivity index (χ4n) is 3.11. The number of halogens is 1. The molecule has 1 aliphatic rings.